The first-order chi connectivity index (χ1) is 13.2. The van der Waals surface area contributed by atoms with Crippen LogP contribution in [-0.2, 0) is 10.5 Å². The van der Waals surface area contributed by atoms with Crippen LogP contribution in [0, 0.1) is 6.92 Å². The second-order valence-corrected chi connectivity index (χ2v) is 7.58. The lowest BCUT2D eigenvalue weighted by molar-refractivity contribution is -0.115. The molecule has 2 heterocycles. The largest absolute Gasteiger partial charge is 0.324 e. The molecule has 3 aromatic rings. The summed E-state index contributed by atoms with van der Waals surface area (Å²) >= 11 is 1.84. The Hall–Kier alpha value is -2.85. The normalized spacial score (nSPS) is 14.2. The van der Waals surface area contributed by atoms with Crippen LogP contribution in [0.3, 0.4) is 0 Å². The second kappa shape index (κ2) is 7.80. The van der Waals surface area contributed by atoms with Crippen molar-refractivity contribution < 1.29 is 4.79 Å². The van der Waals surface area contributed by atoms with E-state index < -0.39 is 0 Å². The summed E-state index contributed by atoms with van der Waals surface area (Å²) in [6, 6.07) is 18.8. The van der Waals surface area contributed by atoms with Crippen molar-refractivity contribution in [3.8, 4) is 0 Å². The van der Waals surface area contributed by atoms with E-state index in [-0.39, 0.29) is 5.91 Å². The van der Waals surface area contributed by atoms with Gasteiger partial charge in [-0.05, 0) is 46.9 Å². The lowest BCUT2D eigenvalue weighted by Crippen LogP contribution is -2.10. The fourth-order valence-electron chi connectivity index (χ4n) is 3.27. The second-order valence-electron chi connectivity index (χ2n) is 6.56. The van der Waals surface area contributed by atoms with Crippen LogP contribution in [0.25, 0.3) is 5.57 Å². The summed E-state index contributed by atoms with van der Waals surface area (Å²) < 4.78 is 0. The molecular weight excluding hydrogens is 352 g/mol. The molecule has 1 amide bonds. The molecule has 0 radical (unpaired) electrons. The van der Waals surface area contributed by atoms with Crippen LogP contribution < -0.4 is 5.32 Å². The maximum atomic E-state index is 12.5. The van der Waals surface area contributed by atoms with Gasteiger partial charge < -0.3 is 5.32 Å². The van der Waals surface area contributed by atoms with E-state index in [0.717, 1.165) is 22.6 Å². The summed E-state index contributed by atoms with van der Waals surface area (Å²) in [4.78, 5) is 17.9. The first-order valence-electron chi connectivity index (χ1n) is 8.93. The molecule has 0 aliphatic carbocycles. The highest BCUT2D eigenvalue weighted by Gasteiger charge is 2.18. The van der Waals surface area contributed by atoms with E-state index in [4.69, 9.17) is 0 Å². The van der Waals surface area contributed by atoms with Crippen LogP contribution in [0.15, 0.2) is 78.0 Å². The molecule has 0 saturated heterocycles. The summed E-state index contributed by atoms with van der Waals surface area (Å²) in [6.07, 6.45) is 5.80. The number of thioether (sulfide) groups is 1. The van der Waals surface area contributed by atoms with E-state index in [1.807, 2.05) is 30.8 Å². The Balaban J connectivity index is 1.64. The number of benzene rings is 2. The quantitative estimate of drug-likeness (QED) is 0.664. The standard InChI is InChI=1S/C23H20N2OS/c1-16-12-18(14-24-13-16)25-23(26)11-10-20-19-7-3-2-6-17(19)15-27-22-9-5-4-8-21(20)22/h2-10,12-14H,11,15H2,1H3,(H,25,26)/b20-10+. The summed E-state index contributed by atoms with van der Waals surface area (Å²) in [6.45, 7) is 1.96. The van der Waals surface area contributed by atoms with Gasteiger partial charge >= 0.3 is 0 Å². The van der Waals surface area contributed by atoms with Crippen molar-refractivity contribution in [1.29, 1.82) is 0 Å². The van der Waals surface area contributed by atoms with E-state index in [1.165, 1.54) is 21.6 Å². The zero-order valence-corrected chi connectivity index (χ0v) is 15.9. The highest BCUT2D eigenvalue weighted by molar-refractivity contribution is 7.98. The third-order valence-electron chi connectivity index (χ3n) is 4.52. The highest BCUT2D eigenvalue weighted by atomic mass is 32.2. The summed E-state index contributed by atoms with van der Waals surface area (Å²) in [5.74, 6) is 0.896. The Morgan fingerprint density at radius 3 is 2.74 bits per heavy atom. The third kappa shape index (κ3) is 3.96. The number of nitrogens with one attached hydrogen (secondary N) is 1. The number of fused-ring (bicyclic) bond motifs is 2. The number of carbonyl (C=O) groups is 1. The van der Waals surface area contributed by atoms with E-state index in [0.29, 0.717) is 6.42 Å². The number of amides is 1. The molecule has 27 heavy (non-hydrogen) atoms. The first-order valence-corrected chi connectivity index (χ1v) is 9.91. The monoisotopic (exact) mass is 372 g/mol. The molecule has 1 aliphatic heterocycles. The molecule has 0 atom stereocenters. The van der Waals surface area contributed by atoms with Gasteiger partial charge in [-0.25, -0.2) is 0 Å². The third-order valence-corrected chi connectivity index (χ3v) is 5.64. The number of hydrogen-bond acceptors (Lipinski definition) is 3. The fourth-order valence-corrected chi connectivity index (χ4v) is 4.35. The maximum absolute atomic E-state index is 12.5. The number of rotatable bonds is 3. The van der Waals surface area contributed by atoms with Crippen molar-refractivity contribution in [2.24, 2.45) is 0 Å². The molecule has 0 spiro atoms. The molecule has 0 bridgehead atoms. The SMILES string of the molecule is Cc1cncc(NC(=O)C/C=C2\c3ccccc3CSc3ccccc32)c1. The molecule has 3 nitrogen and oxygen atoms in total. The molecule has 2 aromatic carbocycles. The predicted molar refractivity (Wildman–Crippen MR) is 112 cm³/mol. The molecule has 4 rings (SSSR count). The average Bonchev–Trinajstić information content (AvgIpc) is 2.83. The van der Waals surface area contributed by atoms with Crippen molar-refractivity contribution in [2.45, 2.75) is 24.0 Å². The van der Waals surface area contributed by atoms with Crippen LogP contribution in [0.4, 0.5) is 5.69 Å². The van der Waals surface area contributed by atoms with Crippen molar-refractivity contribution in [3.63, 3.8) is 0 Å². The minimum atomic E-state index is -0.0400. The number of hydrogen-bond donors (Lipinski definition) is 1. The Morgan fingerprint density at radius 1 is 1.11 bits per heavy atom. The van der Waals surface area contributed by atoms with Gasteiger partial charge in [-0.1, -0.05) is 48.5 Å². The predicted octanol–water partition coefficient (Wildman–Crippen LogP) is 5.46. The average molecular weight is 372 g/mol. The highest BCUT2D eigenvalue weighted by Crippen LogP contribution is 2.40. The molecule has 1 N–H and O–H groups in total. The molecule has 1 aromatic heterocycles. The maximum Gasteiger partial charge on any atom is 0.228 e. The minimum absolute atomic E-state index is 0.0400. The van der Waals surface area contributed by atoms with Crippen molar-refractivity contribution in [3.05, 3.63) is 95.3 Å². The van der Waals surface area contributed by atoms with Gasteiger partial charge in [0.05, 0.1) is 11.9 Å². The molecule has 4 heteroatoms. The van der Waals surface area contributed by atoms with Crippen LogP contribution in [0.1, 0.15) is 28.7 Å². The van der Waals surface area contributed by atoms with Crippen molar-refractivity contribution in [2.75, 3.05) is 5.32 Å². The summed E-state index contributed by atoms with van der Waals surface area (Å²) in [5, 5.41) is 2.93. The van der Waals surface area contributed by atoms with E-state index >= 15 is 0 Å². The number of nitrogens with zero attached hydrogens (tertiary/aromatic N) is 1. The topological polar surface area (TPSA) is 42.0 Å². The Labute approximate surface area is 163 Å². The van der Waals surface area contributed by atoms with E-state index in [1.54, 1.807) is 12.4 Å². The van der Waals surface area contributed by atoms with Crippen LogP contribution >= 0.6 is 11.8 Å². The lowest BCUT2D eigenvalue weighted by Gasteiger charge is -2.11. The van der Waals surface area contributed by atoms with Crippen LogP contribution in [-0.4, -0.2) is 10.9 Å². The van der Waals surface area contributed by atoms with Crippen LogP contribution in [0.2, 0.25) is 0 Å². The zero-order valence-electron chi connectivity index (χ0n) is 15.1. The van der Waals surface area contributed by atoms with Crippen LogP contribution in [0.5, 0.6) is 0 Å². The van der Waals surface area contributed by atoms with Gasteiger partial charge in [-0.15, -0.1) is 11.8 Å². The zero-order chi connectivity index (χ0) is 18.6. The first kappa shape index (κ1) is 17.6. The molecule has 0 saturated carbocycles. The van der Waals surface area contributed by atoms with Gasteiger partial charge in [0, 0.05) is 23.3 Å². The molecule has 0 unspecified atom stereocenters. The molecule has 1 aliphatic rings. The number of aromatic nitrogens is 1. The Bertz CT molecular complexity index is 977. The Kier molecular flexibility index (Phi) is 5.07. The lowest BCUT2D eigenvalue weighted by atomic mass is 9.93. The van der Waals surface area contributed by atoms with Crippen molar-refractivity contribution in [1.82, 2.24) is 4.98 Å². The number of aryl methyl sites for hydroxylation is 1. The van der Waals surface area contributed by atoms with Gasteiger partial charge in [-0.3, -0.25) is 9.78 Å². The van der Waals surface area contributed by atoms with Crippen molar-refractivity contribution >= 4 is 28.9 Å². The van der Waals surface area contributed by atoms with E-state index in [2.05, 4.69) is 58.8 Å². The number of pyridine rings is 1. The Morgan fingerprint density at radius 2 is 1.89 bits per heavy atom. The minimum Gasteiger partial charge on any atom is -0.324 e. The summed E-state index contributed by atoms with van der Waals surface area (Å²) in [7, 11) is 0. The fraction of sp³-hybridized carbons (Fsp3) is 0.130. The summed E-state index contributed by atoms with van der Waals surface area (Å²) in [5.41, 5.74) is 6.58. The molecule has 0 fully saturated rings. The van der Waals surface area contributed by atoms with E-state index in [9.17, 15) is 4.79 Å². The van der Waals surface area contributed by atoms with Gasteiger partial charge in [0.15, 0.2) is 0 Å². The van der Waals surface area contributed by atoms with Gasteiger partial charge in [-0.2, -0.15) is 0 Å². The van der Waals surface area contributed by atoms with Gasteiger partial charge in [0.2, 0.25) is 5.91 Å². The van der Waals surface area contributed by atoms with Gasteiger partial charge in [0.25, 0.3) is 0 Å². The van der Waals surface area contributed by atoms with Gasteiger partial charge in [0.1, 0.15) is 0 Å². The molecule has 134 valence electrons. The number of carbonyl (C=O) groups excluding carboxylic acids is 1. The smallest absolute Gasteiger partial charge is 0.228 e. The molecular formula is C23H20N2OS. The number of anilines is 1.